The number of halogens is 4. The monoisotopic (exact) mass is 282 g/mol. The van der Waals surface area contributed by atoms with E-state index in [-0.39, 0.29) is 5.03 Å². The molecule has 0 amide bonds. The Morgan fingerprint density at radius 2 is 1.60 bits per heavy atom. The highest BCUT2D eigenvalue weighted by Gasteiger charge is 2.29. The van der Waals surface area contributed by atoms with Crippen LogP contribution in [0, 0.1) is 0 Å². The number of rotatable bonds is 3. The molecule has 0 aliphatic heterocycles. The summed E-state index contributed by atoms with van der Waals surface area (Å²) in [5.74, 6) is 0. The molecule has 1 aromatic carbocycles. The molecule has 0 aromatic heterocycles. The van der Waals surface area contributed by atoms with Gasteiger partial charge in [-0.25, -0.2) is 0 Å². The second kappa shape index (κ2) is 4.75. The maximum Gasteiger partial charge on any atom is 0.252 e. The minimum absolute atomic E-state index is 0.0933. The number of alkyl halides is 2. The molecule has 0 heterocycles. The Morgan fingerprint density at radius 1 is 1.13 bits per heavy atom. The van der Waals surface area contributed by atoms with Gasteiger partial charge in [0.2, 0.25) is 0 Å². The molecule has 0 atom stereocenters. The van der Waals surface area contributed by atoms with Crippen LogP contribution in [0.2, 0.25) is 0 Å². The highest BCUT2D eigenvalue weighted by Crippen LogP contribution is 2.41. The van der Waals surface area contributed by atoms with E-state index in [1.54, 1.807) is 12.1 Å². The highest BCUT2D eigenvalue weighted by molar-refractivity contribution is 6.67. The molecule has 1 nitrogen and oxygen atoms in total. The summed E-state index contributed by atoms with van der Waals surface area (Å²) in [6.07, 6.45) is 0. The fraction of sp³-hybridized carbons (Fsp3) is 0.100. The van der Waals surface area contributed by atoms with Crippen molar-refractivity contribution in [3.63, 3.8) is 0 Å². The number of carbonyl (C=O) groups excluding carboxylic acids is 1. The second-order valence-corrected chi connectivity index (χ2v) is 4.96. The van der Waals surface area contributed by atoms with Crippen LogP contribution in [0.1, 0.15) is 15.9 Å². The normalized spacial score (nSPS) is 11.2. The number of allylic oxidation sites excluding steroid dienone is 1. The van der Waals surface area contributed by atoms with Crippen molar-refractivity contribution in [3.05, 3.63) is 47.0 Å². The lowest BCUT2D eigenvalue weighted by atomic mass is 10.1. The zero-order valence-electron chi connectivity index (χ0n) is 7.44. The van der Waals surface area contributed by atoms with Gasteiger partial charge in [0.1, 0.15) is 0 Å². The Balaban J connectivity index is 3.09. The van der Waals surface area contributed by atoms with Crippen molar-refractivity contribution >= 4 is 51.6 Å². The first-order valence-electron chi connectivity index (χ1n) is 3.88. The van der Waals surface area contributed by atoms with Crippen molar-refractivity contribution in [1.82, 2.24) is 0 Å². The number of hydrogen-bond donors (Lipinski definition) is 0. The molecule has 0 bridgehead atoms. The first kappa shape index (κ1) is 12.9. The molecule has 80 valence electrons. The molecule has 0 aliphatic rings. The van der Waals surface area contributed by atoms with E-state index in [1.807, 2.05) is 0 Å². The topological polar surface area (TPSA) is 17.1 Å². The molecule has 5 heteroatoms. The van der Waals surface area contributed by atoms with Gasteiger partial charge in [-0.05, 0) is 29.3 Å². The van der Waals surface area contributed by atoms with Crippen LogP contribution in [-0.2, 0) is 4.33 Å². The van der Waals surface area contributed by atoms with Gasteiger partial charge in [-0.3, -0.25) is 4.79 Å². The van der Waals surface area contributed by atoms with Crippen molar-refractivity contribution < 1.29 is 4.79 Å². The summed E-state index contributed by atoms with van der Waals surface area (Å²) < 4.78 is -1.37. The summed E-state index contributed by atoms with van der Waals surface area (Å²) in [5.41, 5.74) is 0.900. The van der Waals surface area contributed by atoms with Crippen LogP contribution in [0.3, 0.4) is 0 Å². The van der Waals surface area contributed by atoms with Crippen LogP contribution >= 0.6 is 46.4 Å². The molecule has 0 N–H and O–H groups in total. The molecule has 0 radical (unpaired) electrons. The van der Waals surface area contributed by atoms with Gasteiger partial charge in [-0.15, -0.1) is 0 Å². The number of carbonyl (C=O) groups is 1. The summed E-state index contributed by atoms with van der Waals surface area (Å²) in [6, 6.07) is 6.18. The maximum atomic E-state index is 10.8. The average molecular weight is 284 g/mol. The van der Waals surface area contributed by atoms with Gasteiger partial charge >= 0.3 is 0 Å². The maximum absolute atomic E-state index is 10.8. The van der Waals surface area contributed by atoms with Gasteiger partial charge in [0.25, 0.3) is 5.24 Å². The Morgan fingerprint density at radius 3 is 1.93 bits per heavy atom. The zero-order chi connectivity index (χ0) is 11.6. The van der Waals surface area contributed by atoms with Crippen LogP contribution in [0.5, 0.6) is 0 Å². The third kappa shape index (κ3) is 2.88. The first-order valence-corrected chi connectivity index (χ1v) is 5.40. The summed E-state index contributed by atoms with van der Waals surface area (Å²) in [7, 11) is 0. The van der Waals surface area contributed by atoms with Crippen LogP contribution < -0.4 is 0 Å². The van der Waals surface area contributed by atoms with Crippen molar-refractivity contribution in [2.24, 2.45) is 0 Å². The van der Waals surface area contributed by atoms with E-state index in [2.05, 4.69) is 6.58 Å². The van der Waals surface area contributed by atoms with E-state index in [9.17, 15) is 4.79 Å². The van der Waals surface area contributed by atoms with Gasteiger partial charge in [0, 0.05) is 5.56 Å². The SMILES string of the molecule is C=C(Cl)C(Cl)(Cl)c1ccc(C(=O)Cl)cc1. The van der Waals surface area contributed by atoms with Crippen molar-refractivity contribution in [1.29, 1.82) is 0 Å². The summed E-state index contributed by atoms with van der Waals surface area (Å²) >= 11 is 22.8. The number of hydrogen-bond acceptors (Lipinski definition) is 1. The largest absolute Gasteiger partial charge is 0.276 e. The summed E-state index contributed by atoms with van der Waals surface area (Å²) in [4.78, 5) is 10.8. The molecular weight excluding hydrogens is 278 g/mol. The second-order valence-electron chi connectivity index (χ2n) is 2.83. The molecule has 1 aromatic rings. The molecule has 15 heavy (non-hydrogen) atoms. The minimum atomic E-state index is -1.37. The van der Waals surface area contributed by atoms with Crippen LogP contribution in [0.15, 0.2) is 35.9 Å². The lowest BCUT2D eigenvalue weighted by Crippen LogP contribution is -2.09. The van der Waals surface area contributed by atoms with E-state index in [4.69, 9.17) is 46.4 Å². The van der Waals surface area contributed by atoms with E-state index >= 15 is 0 Å². The molecule has 0 spiro atoms. The average Bonchev–Trinajstić information content (AvgIpc) is 2.17. The smallest absolute Gasteiger partial charge is 0.252 e. The molecular formula is C10H6Cl4O. The predicted molar refractivity (Wildman–Crippen MR) is 65.0 cm³/mol. The zero-order valence-corrected chi connectivity index (χ0v) is 10.5. The molecule has 0 saturated carbocycles. The van der Waals surface area contributed by atoms with Gasteiger partial charge in [0.15, 0.2) is 4.33 Å². The summed E-state index contributed by atoms with van der Waals surface area (Å²) in [5, 5.41) is -0.447. The standard InChI is InChI=1S/C10H6Cl4O/c1-6(11)10(13,14)8-4-2-7(3-5-8)9(12)15/h2-5H,1H2. The van der Waals surface area contributed by atoms with Gasteiger partial charge in [0.05, 0.1) is 5.03 Å². The highest BCUT2D eigenvalue weighted by atomic mass is 35.5. The van der Waals surface area contributed by atoms with Crippen LogP contribution in [0.4, 0.5) is 0 Å². The van der Waals surface area contributed by atoms with Gasteiger partial charge < -0.3 is 0 Å². The summed E-state index contributed by atoms with van der Waals surface area (Å²) in [6.45, 7) is 3.47. The third-order valence-electron chi connectivity index (χ3n) is 1.82. The Kier molecular flexibility index (Phi) is 4.07. The van der Waals surface area contributed by atoms with Crippen LogP contribution in [-0.4, -0.2) is 5.24 Å². The minimum Gasteiger partial charge on any atom is -0.276 e. The number of benzene rings is 1. The van der Waals surface area contributed by atoms with E-state index in [1.165, 1.54) is 12.1 Å². The Hall–Kier alpha value is -0.210. The Labute approximate surface area is 108 Å². The first-order chi connectivity index (χ1) is 6.85. The molecule has 0 saturated heterocycles. The van der Waals surface area contributed by atoms with Gasteiger partial charge in [-0.2, -0.15) is 0 Å². The quantitative estimate of drug-likeness (QED) is 0.592. The molecule has 0 unspecified atom stereocenters. The lowest BCUT2D eigenvalue weighted by molar-refractivity contribution is 0.108. The third-order valence-corrected chi connectivity index (χ3v) is 3.40. The Bertz CT molecular complexity index is 394. The van der Waals surface area contributed by atoms with Crippen LogP contribution in [0.25, 0.3) is 0 Å². The predicted octanol–water partition coefficient (Wildman–Crippen LogP) is 4.45. The van der Waals surface area contributed by atoms with Crippen molar-refractivity contribution in [3.8, 4) is 0 Å². The molecule has 0 fully saturated rings. The fourth-order valence-corrected chi connectivity index (χ4v) is 1.45. The van der Waals surface area contributed by atoms with E-state index in [0.29, 0.717) is 11.1 Å². The van der Waals surface area contributed by atoms with Crippen molar-refractivity contribution in [2.45, 2.75) is 4.33 Å². The van der Waals surface area contributed by atoms with Gasteiger partial charge in [-0.1, -0.05) is 53.5 Å². The molecule has 1 rings (SSSR count). The fourth-order valence-electron chi connectivity index (χ4n) is 0.967. The van der Waals surface area contributed by atoms with Crippen molar-refractivity contribution in [2.75, 3.05) is 0 Å². The van der Waals surface area contributed by atoms with E-state index < -0.39 is 9.58 Å². The lowest BCUT2D eigenvalue weighted by Gasteiger charge is -2.18. The molecule has 0 aliphatic carbocycles. The van der Waals surface area contributed by atoms with E-state index in [0.717, 1.165) is 0 Å².